The van der Waals surface area contributed by atoms with Crippen molar-refractivity contribution in [2.24, 2.45) is 0 Å². The van der Waals surface area contributed by atoms with Crippen LogP contribution >= 0.6 is 0 Å². The van der Waals surface area contributed by atoms with Gasteiger partial charge in [-0.2, -0.15) is 0 Å². The molecule has 0 atom stereocenters. The van der Waals surface area contributed by atoms with E-state index >= 15 is 0 Å². The van der Waals surface area contributed by atoms with Crippen LogP contribution in [-0.2, 0) is 0 Å². The molecular formula is C50H30N4O. The summed E-state index contributed by atoms with van der Waals surface area (Å²) >= 11 is 0. The van der Waals surface area contributed by atoms with E-state index in [0.717, 1.165) is 82.2 Å². The molecule has 0 bridgehead atoms. The van der Waals surface area contributed by atoms with Crippen LogP contribution < -0.4 is 0 Å². The third-order valence-electron chi connectivity index (χ3n) is 10.5. The Hall–Kier alpha value is -7.50. The molecule has 0 aliphatic carbocycles. The Labute approximate surface area is 316 Å². The highest BCUT2D eigenvalue weighted by molar-refractivity contribution is 6.26. The zero-order chi connectivity index (χ0) is 36.3. The summed E-state index contributed by atoms with van der Waals surface area (Å²) in [7, 11) is 0. The Kier molecular flexibility index (Phi) is 7.10. The van der Waals surface area contributed by atoms with Crippen LogP contribution in [0.1, 0.15) is 0 Å². The number of hydrogen-bond donors (Lipinski definition) is 0. The highest BCUT2D eigenvalue weighted by Gasteiger charge is 2.17. The van der Waals surface area contributed by atoms with Crippen molar-refractivity contribution in [1.29, 1.82) is 0 Å². The Morgan fingerprint density at radius 1 is 0.309 bits per heavy atom. The first-order valence-corrected chi connectivity index (χ1v) is 18.4. The summed E-state index contributed by atoms with van der Waals surface area (Å²) in [5, 5.41) is 8.94. The fourth-order valence-corrected chi connectivity index (χ4v) is 7.75. The van der Waals surface area contributed by atoms with Gasteiger partial charge in [-0.05, 0) is 79.8 Å². The van der Waals surface area contributed by atoms with Gasteiger partial charge < -0.3 is 4.42 Å². The summed E-state index contributed by atoms with van der Waals surface area (Å²) in [5.74, 6) is 2.48. The van der Waals surface area contributed by atoms with Crippen LogP contribution in [0.5, 0.6) is 0 Å². The molecule has 11 aromatic rings. The van der Waals surface area contributed by atoms with E-state index in [2.05, 4.69) is 140 Å². The van der Waals surface area contributed by atoms with Gasteiger partial charge in [0.05, 0.1) is 0 Å². The van der Waals surface area contributed by atoms with Gasteiger partial charge in [0.2, 0.25) is 5.89 Å². The molecule has 256 valence electrons. The average molecular weight is 703 g/mol. The Bertz CT molecular complexity index is 3260. The lowest BCUT2D eigenvalue weighted by molar-refractivity contribution is 0.623. The maximum absolute atomic E-state index is 6.55. The van der Waals surface area contributed by atoms with Crippen LogP contribution in [0.3, 0.4) is 0 Å². The SMILES string of the molecule is c1ccc(-c2cccc(-c3nc(-c4ccc5ccccc5c4)nc(-c4ccc5c(ccc6ccc7ccc8nc(-c9ccccc9)oc8c7c65)c4)n3)c2)cc1. The van der Waals surface area contributed by atoms with Crippen LogP contribution in [-0.4, -0.2) is 19.9 Å². The summed E-state index contributed by atoms with van der Waals surface area (Å²) in [6.45, 7) is 0. The van der Waals surface area contributed by atoms with Crippen molar-refractivity contribution in [3.05, 3.63) is 182 Å². The molecule has 5 heteroatoms. The van der Waals surface area contributed by atoms with E-state index in [-0.39, 0.29) is 0 Å². The molecule has 2 heterocycles. The lowest BCUT2D eigenvalue weighted by atomic mass is 9.95. The van der Waals surface area contributed by atoms with Gasteiger partial charge in [0, 0.05) is 33.0 Å². The normalized spacial score (nSPS) is 11.6. The number of oxazole rings is 1. The Morgan fingerprint density at radius 2 is 0.836 bits per heavy atom. The minimum atomic E-state index is 0.614. The summed E-state index contributed by atoms with van der Waals surface area (Å²) < 4.78 is 6.55. The van der Waals surface area contributed by atoms with E-state index in [1.807, 2.05) is 42.5 Å². The number of benzene rings is 9. The molecule has 55 heavy (non-hydrogen) atoms. The van der Waals surface area contributed by atoms with E-state index in [1.54, 1.807) is 0 Å². The van der Waals surface area contributed by atoms with Crippen molar-refractivity contribution < 1.29 is 4.42 Å². The number of aromatic nitrogens is 4. The number of fused-ring (bicyclic) bond motifs is 8. The third kappa shape index (κ3) is 5.41. The first-order chi connectivity index (χ1) is 27.2. The maximum Gasteiger partial charge on any atom is 0.227 e. The molecule has 0 unspecified atom stereocenters. The fourth-order valence-electron chi connectivity index (χ4n) is 7.75. The van der Waals surface area contributed by atoms with Gasteiger partial charge in [-0.1, -0.05) is 146 Å². The van der Waals surface area contributed by atoms with Crippen LogP contribution in [0.15, 0.2) is 186 Å². The van der Waals surface area contributed by atoms with Gasteiger partial charge in [-0.25, -0.2) is 19.9 Å². The maximum atomic E-state index is 6.55. The first kappa shape index (κ1) is 31.1. The van der Waals surface area contributed by atoms with E-state index in [1.165, 1.54) is 5.39 Å². The quantitative estimate of drug-likeness (QED) is 0.167. The minimum Gasteiger partial charge on any atom is -0.435 e. The van der Waals surface area contributed by atoms with Crippen molar-refractivity contribution in [1.82, 2.24) is 19.9 Å². The van der Waals surface area contributed by atoms with Crippen molar-refractivity contribution >= 4 is 54.2 Å². The van der Waals surface area contributed by atoms with E-state index in [0.29, 0.717) is 23.4 Å². The van der Waals surface area contributed by atoms with Gasteiger partial charge in [0.1, 0.15) is 5.52 Å². The molecule has 9 aromatic carbocycles. The van der Waals surface area contributed by atoms with Crippen molar-refractivity contribution in [2.45, 2.75) is 0 Å². The standard InChI is InChI=1S/C50H30N4O/c1-3-10-31(11-4-1)37-16-9-17-39(28-37)47-52-48(40-23-18-32-12-7-8-15-36(32)29-40)54-49(53-47)41-24-26-42-38(30-41)22-21-33-19-20-34-25-27-43-46(45(34)44(33)42)55-50(51-43)35-13-5-2-6-14-35/h1-30H. The molecule has 11 rings (SSSR count). The molecular weight excluding hydrogens is 673 g/mol. The van der Waals surface area contributed by atoms with E-state index in [4.69, 9.17) is 24.4 Å². The number of rotatable bonds is 5. The molecule has 0 aliphatic rings. The smallest absolute Gasteiger partial charge is 0.227 e. The second kappa shape index (κ2) is 12.6. The summed E-state index contributed by atoms with van der Waals surface area (Å²) in [4.78, 5) is 20.3. The van der Waals surface area contributed by atoms with Gasteiger partial charge in [-0.3, -0.25) is 0 Å². The molecule has 0 saturated carbocycles. The number of hydrogen-bond acceptors (Lipinski definition) is 5. The predicted molar refractivity (Wildman–Crippen MR) is 225 cm³/mol. The van der Waals surface area contributed by atoms with Crippen molar-refractivity contribution in [3.8, 4) is 56.7 Å². The first-order valence-electron chi connectivity index (χ1n) is 18.4. The summed E-state index contributed by atoms with van der Waals surface area (Å²) in [5.41, 5.74) is 7.60. The van der Waals surface area contributed by atoms with E-state index in [9.17, 15) is 0 Å². The van der Waals surface area contributed by atoms with Crippen LogP contribution in [0.2, 0.25) is 0 Å². The van der Waals surface area contributed by atoms with Crippen molar-refractivity contribution in [3.63, 3.8) is 0 Å². The summed E-state index contributed by atoms with van der Waals surface area (Å²) in [6.07, 6.45) is 0. The monoisotopic (exact) mass is 702 g/mol. The topological polar surface area (TPSA) is 64.7 Å². The minimum absolute atomic E-state index is 0.614. The molecule has 0 fully saturated rings. The van der Waals surface area contributed by atoms with Gasteiger partial charge in [0.15, 0.2) is 23.1 Å². The van der Waals surface area contributed by atoms with Crippen LogP contribution in [0, 0.1) is 0 Å². The average Bonchev–Trinajstić information content (AvgIpc) is 3.71. The molecule has 0 aliphatic heterocycles. The van der Waals surface area contributed by atoms with Gasteiger partial charge >= 0.3 is 0 Å². The molecule has 5 nitrogen and oxygen atoms in total. The second-order valence-corrected chi connectivity index (χ2v) is 13.9. The highest BCUT2D eigenvalue weighted by atomic mass is 16.3. The van der Waals surface area contributed by atoms with Crippen LogP contribution in [0.4, 0.5) is 0 Å². The molecule has 0 spiro atoms. The van der Waals surface area contributed by atoms with Crippen LogP contribution in [0.25, 0.3) is 111 Å². The molecule has 0 radical (unpaired) electrons. The van der Waals surface area contributed by atoms with Crippen molar-refractivity contribution in [2.75, 3.05) is 0 Å². The largest absolute Gasteiger partial charge is 0.435 e. The highest BCUT2D eigenvalue weighted by Crippen LogP contribution is 2.39. The van der Waals surface area contributed by atoms with Gasteiger partial charge in [0.25, 0.3) is 0 Å². The predicted octanol–water partition coefficient (Wildman–Crippen LogP) is 13.0. The molecule has 2 aromatic heterocycles. The zero-order valence-electron chi connectivity index (χ0n) is 29.5. The Morgan fingerprint density at radius 3 is 1.58 bits per heavy atom. The molecule has 0 saturated heterocycles. The second-order valence-electron chi connectivity index (χ2n) is 13.9. The lowest BCUT2D eigenvalue weighted by Gasteiger charge is -2.12. The molecule has 0 amide bonds. The number of nitrogens with zero attached hydrogens (tertiary/aromatic N) is 4. The fraction of sp³-hybridized carbons (Fsp3) is 0. The van der Waals surface area contributed by atoms with Gasteiger partial charge in [-0.15, -0.1) is 0 Å². The zero-order valence-corrected chi connectivity index (χ0v) is 29.5. The molecule has 0 N–H and O–H groups in total. The third-order valence-corrected chi connectivity index (χ3v) is 10.5. The Balaban J connectivity index is 1.10. The summed E-state index contributed by atoms with van der Waals surface area (Å²) in [6, 6.07) is 63.0. The lowest BCUT2D eigenvalue weighted by Crippen LogP contribution is -2.00. The van der Waals surface area contributed by atoms with E-state index < -0.39 is 0 Å².